The van der Waals surface area contributed by atoms with E-state index in [1.807, 2.05) is 13.8 Å². The van der Waals surface area contributed by atoms with Gasteiger partial charge in [0.25, 0.3) is 0 Å². The van der Waals surface area contributed by atoms with Gasteiger partial charge in [0.05, 0.1) is 6.61 Å². The topological polar surface area (TPSA) is 47.6 Å². The molecule has 1 aliphatic carbocycles. The number of esters is 1. The third-order valence-corrected chi connectivity index (χ3v) is 3.98. The summed E-state index contributed by atoms with van der Waals surface area (Å²) < 4.78 is 10.9. The lowest BCUT2D eigenvalue weighted by Crippen LogP contribution is -2.51. The second kappa shape index (κ2) is 9.42. The van der Waals surface area contributed by atoms with E-state index in [-0.39, 0.29) is 5.97 Å². The van der Waals surface area contributed by atoms with E-state index in [2.05, 4.69) is 19.2 Å². The molecule has 0 radical (unpaired) electrons. The van der Waals surface area contributed by atoms with Gasteiger partial charge in [0.2, 0.25) is 0 Å². The summed E-state index contributed by atoms with van der Waals surface area (Å²) in [5.74, 6) is 0.493. The highest BCUT2D eigenvalue weighted by Gasteiger charge is 2.39. The lowest BCUT2D eigenvalue weighted by molar-refractivity contribution is -0.151. The van der Waals surface area contributed by atoms with E-state index in [9.17, 15) is 4.79 Å². The average molecular weight is 299 g/mol. The summed E-state index contributed by atoms with van der Waals surface area (Å²) in [5.41, 5.74) is -0.560. The summed E-state index contributed by atoms with van der Waals surface area (Å²) in [7, 11) is 0. The van der Waals surface area contributed by atoms with Crippen LogP contribution in [-0.2, 0) is 14.3 Å². The van der Waals surface area contributed by atoms with Crippen molar-refractivity contribution in [1.82, 2.24) is 5.32 Å². The number of rotatable bonds is 12. The fraction of sp³-hybridized carbons (Fsp3) is 0.941. The maximum atomic E-state index is 12.2. The van der Waals surface area contributed by atoms with E-state index in [1.54, 1.807) is 0 Å². The van der Waals surface area contributed by atoms with E-state index in [1.165, 1.54) is 25.7 Å². The first-order valence-corrected chi connectivity index (χ1v) is 8.54. The van der Waals surface area contributed by atoms with Crippen molar-refractivity contribution in [2.24, 2.45) is 5.92 Å². The summed E-state index contributed by atoms with van der Waals surface area (Å²) in [6.45, 7) is 10.2. The lowest BCUT2D eigenvalue weighted by Gasteiger charge is -2.28. The molecule has 0 bridgehead atoms. The maximum absolute atomic E-state index is 12.2. The summed E-state index contributed by atoms with van der Waals surface area (Å²) in [5, 5.41) is 3.44. The number of nitrogens with one attached hydrogen (secondary N) is 1. The highest BCUT2D eigenvalue weighted by molar-refractivity contribution is 5.80. The number of hydrogen-bond acceptors (Lipinski definition) is 4. The summed E-state index contributed by atoms with van der Waals surface area (Å²) in [6, 6.07) is 0.491. The lowest BCUT2D eigenvalue weighted by atomic mass is 9.95. The minimum absolute atomic E-state index is 0.128. The van der Waals surface area contributed by atoms with Crippen LogP contribution in [0.3, 0.4) is 0 Å². The van der Waals surface area contributed by atoms with Crippen LogP contribution in [0.4, 0.5) is 0 Å². The Morgan fingerprint density at radius 1 is 1.38 bits per heavy atom. The predicted octanol–water partition coefficient (Wildman–Crippen LogP) is 3.29. The first-order chi connectivity index (χ1) is 10.0. The molecule has 1 aliphatic rings. The van der Waals surface area contributed by atoms with Gasteiger partial charge < -0.3 is 9.47 Å². The third kappa shape index (κ3) is 7.28. The Labute approximate surface area is 130 Å². The van der Waals surface area contributed by atoms with Crippen LogP contribution in [0.15, 0.2) is 0 Å². The van der Waals surface area contributed by atoms with E-state index in [0.717, 1.165) is 26.1 Å². The normalized spacial score (nSPS) is 19.0. The quantitative estimate of drug-likeness (QED) is 0.444. The molecular weight excluding hydrogens is 266 g/mol. The van der Waals surface area contributed by atoms with Crippen molar-refractivity contribution < 1.29 is 14.3 Å². The van der Waals surface area contributed by atoms with Crippen LogP contribution >= 0.6 is 0 Å². The number of carbonyl (C=O) groups is 1. The molecule has 0 amide bonds. The fourth-order valence-electron chi connectivity index (χ4n) is 2.59. The molecule has 1 rings (SSSR count). The second-order valence-electron chi connectivity index (χ2n) is 6.54. The van der Waals surface area contributed by atoms with Crippen LogP contribution < -0.4 is 5.32 Å². The molecule has 0 aliphatic heterocycles. The molecule has 4 heteroatoms. The van der Waals surface area contributed by atoms with Gasteiger partial charge >= 0.3 is 5.97 Å². The van der Waals surface area contributed by atoms with Crippen molar-refractivity contribution in [3.8, 4) is 0 Å². The molecule has 0 aromatic heterocycles. The van der Waals surface area contributed by atoms with Gasteiger partial charge in [0, 0.05) is 19.3 Å². The molecule has 21 heavy (non-hydrogen) atoms. The molecule has 2 atom stereocenters. The van der Waals surface area contributed by atoms with E-state index >= 15 is 0 Å². The highest BCUT2D eigenvalue weighted by atomic mass is 16.5. The number of ether oxygens (including phenoxy) is 2. The minimum atomic E-state index is -0.560. The van der Waals surface area contributed by atoms with E-state index < -0.39 is 5.54 Å². The number of carbonyl (C=O) groups excluding carboxylic acids is 1. The Balaban J connectivity index is 2.27. The third-order valence-electron chi connectivity index (χ3n) is 3.98. The van der Waals surface area contributed by atoms with Crippen LogP contribution in [0, 0.1) is 5.92 Å². The summed E-state index contributed by atoms with van der Waals surface area (Å²) >= 11 is 0. The molecule has 0 spiro atoms. The van der Waals surface area contributed by atoms with Gasteiger partial charge in [-0.3, -0.25) is 10.1 Å². The fourth-order valence-corrected chi connectivity index (χ4v) is 2.59. The maximum Gasteiger partial charge on any atom is 0.326 e. The van der Waals surface area contributed by atoms with Crippen LogP contribution in [-0.4, -0.2) is 37.4 Å². The Kier molecular flexibility index (Phi) is 8.27. The van der Waals surface area contributed by atoms with Crippen molar-refractivity contribution in [2.45, 2.75) is 77.8 Å². The summed E-state index contributed by atoms with van der Waals surface area (Å²) in [4.78, 5) is 12.2. The van der Waals surface area contributed by atoms with Gasteiger partial charge in [-0.05, 0) is 51.9 Å². The van der Waals surface area contributed by atoms with Crippen LogP contribution in [0.1, 0.15) is 66.2 Å². The molecule has 1 saturated carbocycles. The standard InChI is InChI=1S/C17H33NO3/c1-5-8-14(3)13-20-12-7-11-17(4,16(19)21-6-2)18-15-9-10-15/h14-15,18H,5-13H2,1-4H3. The molecule has 124 valence electrons. The van der Waals surface area contributed by atoms with Gasteiger partial charge in [-0.1, -0.05) is 20.3 Å². The van der Waals surface area contributed by atoms with Gasteiger partial charge in [-0.15, -0.1) is 0 Å². The van der Waals surface area contributed by atoms with Crippen LogP contribution in [0.2, 0.25) is 0 Å². The zero-order chi connectivity index (χ0) is 15.7. The van der Waals surface area contributed by atoms with Gasteiger partial charge in [0.1, 0.15) is 5.54 Å². The first kappa shape index (κ1) is 18.4. The molecule has 2 unspecified atom stereocenters. The average Bonchev–Trinajstić information content (AvgIpc) is 3.22. The van der Waals surface area contributed by atoms with Crippen molar-refractivity contribution in [3.63, 3.8) is 0 Å². The largest absolute Gasteiger partial charge is 0.465 e. The van der Waals surface area contributed by atoms with Crippen LogP contribution in [0.25, 0.3) is 0 Å². The van der Waals surface area contributed by atoms with Gasteiger partial charge in [-0.2, -0.15) is 0 Å². The van der Waals surface area contributed by atoms with Crippen LogP contribution in [0.5, 0.6) is 0 Å². The second-order valence-corrected chi connectivity index (χ2v) is 6.54. The SMILES string of the molecule is CCCC(C)COCCCC(C)(NC1CC1)C(=O)OCC. The van der Waals surface area contributed by atoms with E-state index in [0.29, 0.717) is 18.6 Å². The zero-order valence-corrected chi connectivity index (χ0v) is 14.2. The minimum Gasteiger partial charge on any atom is -0.465 e. The molecule has 0 aromatic carbocycles. The van der Waals surface area contributed by atoms with Gasteiger partial charge in [0.15, 0.2) is 0 Å². The Morgan fingerprint density at radius 2 is 2.10 bits per heavy atom. The number of hydrogen-bond donors (Lipinski definition) is 1. The Hall–Kier alpha value is -0.610. The molecular formula is C17H33NO3. The molecule has 0 saturated heterocycles. The molecule has 4 nitrogen and oxygen atoms in total. The zero-order valence-electron chi connectivity index (χ0n) is 14.2. The molecule has 1 fully saturated rings. The summed E-state index contributed by atoms with van der Waals surface area (Å²) in [6.07, 6.45) is 6.40. The van der Waals surface area contributed by atoms with Gasteiger partial charge in [-0.25, -0.2) is 0 Å². The Morgan fingerprint density at radius 3 is 2.67 bits per heavy atom. The molecule has 0 heterocycles. The van der Waals surface area contributed by atoms with Crippen molar-refractivity contribution in [3.05, 3.63) is 0 Å². The van der Waals surface area contributed by atoms with Crippen molar-refractivity contribution in [1.29, 1.82) is 0 Å². The first-order valence-electron chi connectivity index (χ1n) is 8.54. The molecule has 0 aromatic rings. The van der Waals surface area contributed by atoms with Crippen molar-refractivity contribution >= 4 is 5.97 Å². The van der Waals surface area contributed by atoms with E-state index in [4.69, 9.17) is 9.47 Å². The van der Waals surface area contributed by atoms with Crippen molar-refractivity contribution in [2.75, 3.05) is 19.8 Å². The predicted molar refractivity (Wildman–Crippen MR) is 85.3 cm³/mol. The highest BCUT2D eigenvalue weighted by Crippen LogP contribution is 2.25. The monoisotopic (exact) mass is 299 g/mol. The molecule has 1 N–H and O–H groups in total. The Bertz CT molecular complexity index is 304. The smallest absolute Gasteiger partial charge is 0.326 e.